The number of benzene rings is 3. The molecule has 0 saturated heterocycles. The van der Waals surface area contributed by atoms with Gasteiger partial charge in [0.2, 0.25) is 0 Å². The fourth-order valence-electron chi connectivity index (χ4n) is 4.72. The van der Waals surface area contributed by atoms with Gasteiger partial charge in [-0.05, 0) is 48.1 Å². The SMILES string of the molecule is CCC(CC1CN(Cc2ccccc2)c2ccccc2O1)c1c[nH]c2ccccc12. The van der Waals surface area contributed by atoms with Crippen molar-refractivity contribution in [2.24, 2.45) is 0 Å². The van der Waals surface area contributed by atoms with Crippen LogP contribution in [-0.2, 0) is 6.54 Å². The van der Waals surface area contributed by atoms with Gasteiger partial charge in [0.05, 0.1) is 12.2 Å². The van der Waals surface area contributed by atoms with Crippen LogP contribution in [0.1, 0.15) is 36.8 Å². The summed E-state index contributed by atoms with van der Waals surface area (Å²) < 4.78 is 6.49. The minimum absolute atomic E-state index is 0.169. The number of nitrogens with zero attached hydrogens (tertiary/aromatic N) is 1. The van der Waals surface area contributed by atoms with Crippen LogP contribution in [0.4, 0.5) is 5.69 Å². The van der Waals surface area contributed by atoms with Gasteiger partial charge >= 0.3 is 0 Å². The smallest absolute Gasteiger partial charge is 0.143 e. The lowest BCUT2D eigenvalue weighted by Gasteiger charge is -2.37. The number of nitrogens with one attached hydrogen (secondary N) is 1. The zero-order chi connectivity index (χ0) is 20.3. The van der Waals surface area contributed by atoms with Crippen LogP contribution in [0.25, 0.3) is 10.9 Å². The number of hydrogen-bond donors (Lipinski definition) is 1. The van der Waals surface area contributed by atoms with Crippen molar-refractivity contribution >= 4 is 16.6 Å². The molecule has 4 aromatic rings. The summed E-state index contributed by atoms with van der Waals surface area (Å²) in [6.07, 6.45) is 4.47. The van der Waals surface area contributed by atoms with Crippen LogP contribution in [0.5, 0.6) is 5.75 Å². The van der Waals surface area contributed by atoms with E-state index in [0.717, 1.165) is 31.7 Å². The molecule has 1 aliphatic rings. The maximum atomic E-state index is 6.49. The molecule has 30 heavy (non-hydrogen) atoms. The molecule has 1 aliphatic heterocycles. The molecule has 3 heteroatoms. The molecule has 2 unspecified atom stereocenters. The van der Waals surface area contributed by atoms with E-state index in [1.165, 1.54) is 27.7 Å². The summed E-state index contributed by atoms with van der Waals surface area (Å²) in [7, 11) is 0. The third-order valence-corrected chi connectivity index (χ3v) is 6.24. The van der Waals surface area contributed by atoms with E-state index in [1.807, 2.05) is 0 Å². The summed E-state index contributed by atoms with van der Waals surface area (Å²) in [5.74, 6) is 1.47. The van der Waals surface area contributed by atoms with Crippen molar-refractivity contribution in [2.45, 2.75) is 38.3 Å². The quantitative estimate of drug-likeness (QED) is 0.402. The van der Waals surface area contributed by atoms with E-state index in [1.54, 1.807) is 0 Å². The molecule has 0 aliphatic carbocycles. The monoisotopic (exact) mass is 396 g/mol. The van der Waals surface area contributed by atoms with E-state index >= 15 is 0 Å². The summed E-state index contributed by atoms with van der Waals surface area (Å²) in [4.78, 5) is 5.92. The molecule has 0 bridgehead atoms. The van der Waals surface area contributed by atoms with Gasteiger partial charge in [-0.3, -0.25) is 0 Å². The highest BCUT2D eigenvalue weighted by Crippen LogP contribution is 2.38. The number of fused-ring (bicyclic) bond motifs is 2. The van der Waals surface area contributed by atoms with E-state index < -0.39 is 0 Å². The predicted molar refractivity (Wildman–Crippen MR) is 124 cm³/mol. The molecular weight excluding hydrogens is 368 g/mol. The standard InChI is InChI=1S/C27H28N2O/c1-2-21(24-17-28-25-13-7-6-12-23(24)25)16-22-19-29(18-20-10-4-3-5-11-20)26-14-8-9-15-27(26)30-22/h3-15,17,21-22,28H,2,16,18-19H2,1H3. The first-order chi connectivity index (χ1) is 14.8. The van der Waals surface area contributed by atoms with Crippen molar-refractivity contribution in [3.05, 3.63) is 96.2 Å². The third-order valence-electron chi connectivity index (χ3n) is 6.24. The Hall–Kier alpha value is -3.20. The molecule has 3 nitrogen and oxygen atoms in total. The van der Waals surface area contributed by atoms with Gasteiger partial charge in [-0.2, -0.15) is 0 Å². The van der Waals surface area contributed by atoms with E-state index in [2.05, 4.69) is 102 Å². The van der Waals surface area contributed by atoms with Gasteiger partial charge in [0.15, 0.2) is 0 Å². The third kappa shape index (κ3) is 3.68. The zero-order valence-corrected chi connectivity index (χ0v) is 17.4. The van der Waals surface area contributed by atoms with Crippen molar-refractivity contribution in [2.75, 3.05) is 11.4 Å². The number of anilines is 1. The highest BCUT2D eigenvalue weighted by atomic mass is 16.5. The Morgan fingerprint density at radius 1 is 0.967 bits per heavy atom. The van der Waals surface area contributed by atoms with E-state index in [4.69, 9.17) is 4.74 Å². The highest BCUT2D eigenvalue weighted by Gasteiger charge is 2.28. The lowest BCUT2D eigenvalue weighted by atomic mass is 9.90. The highest BCUT2D eigenvalue weighted by molar-refractivity contribution is 5.83. The summed E-state index contributed by atoms with van der Waals surface area (Å²) in [5, 5.41) is 1.33. The minimum Gasteiger partial charge on any atom is -0.486 e. The van der Waals surface area contributed by atoms with Crippen LogP contribution in [0, 0.1) is 0 Å². The van der Waals surface area contributed by atoms with Crippen LogP contribution in [-0.4, -0.2) is 17.6 Å². The van der Waals surface area contributed by atoms with Gasteiger partial charge in [-0.1, -0.05) is 67.6 Å². The lowest BCUT2D eigenvalue weighted by molar-refractivity contribution is 0.172. The van der Waals surface area contributed by atoms with Crippen molar-refractivity contribution in [1.29, 1.82) is 0 Å². The number of ether oxygens (including phenoxy) is 1. The van der Waals surface area contributed by atoms with Crippen LogP contribution < -0.4 is 9.64 Å². The predicted octanol–water partition coefficient (Wildman–Crippen LogP) is 6.52. The molecule has 3 aromatic carbocycles. The lowest BCUT2D eigenvalue weighted by Crippen LogP contribution is -2.40. The Balaban J connectivity index is 1.40. The second kappa shape index (κ2) is 8.27. The normalized spacial score (nSPS) is 16.8. The molecule has 0 fully saturated rings. The molecule has 5 rings (SSSR count). The van der Waals surface area contributed by atoms with Crippen LogP contribution in [0.2, 0.25) is 0 Å². The fourth-order valence-corrected chi connectivity index (χ4v) is 4.72. The molecule has 152 valence electrons. The topological polar surface area (TPSA) is 28.3 Å². The molecule has 0 radical (unpaired) electrons. The van der Waals surface area contributed by atoms with Gasteiger partial charge in [-0.25, -0.2) is 0 Å². The number of hydrogen-bond acceptors (Lipinski definition) is 2. The first-order valence-electron chi connectivity index (χ1n) is 10.9. The number of para-hydroxylation sites is 3. The van der Waals surface area contributed by atoms with E-state index in [0.29, 0.717) is 5.92 Å². The molecule has 1 aromatic heterocycles. The fraction of sp³-hybridized carbons (Fsp3) is 0.259. The van der Waals surface area contributed by atoms with Crippen LogP contribution in [0.15, 0.2) is 85.1 Å². The number of rotatable bonds is 6. The number of aromatic amines is 1. The molecule has 2 heterocycles. The number of H-pyrrole nitrogens is 1. The van der Waals surface area contributed by atoms with Crippen molar-refractivity contribution in [3.63, 3.8) is 0 Å². The first-order valence-corrected chi connectivity index (χ1v) is 10.9. The molecular formula is C27H28N2O. The van der Waals surface area contributed by atoms with Gasteiger partial charge in [0, 0.05) is 23.6 Å². The van der Waals surface area contributed by atoms with Gasteiger partial charge in [0.25, 0.3) is 0 Å². The van der Waals surface area contributed by atoms with Crippen molar-refractivity contribution < 1.29 is 4.74 Å². The largest absolute Gasteiger partial charge is 0.486 e. The maximum absolute atomic E-state index is 6.49. The van der Waals surface area contributed by atoms with Crippen LogP contribution >= 0.6 is 0 Å². The maximum Gasteiger partial charge on any atom is 0.143 e. The summed E-state index contributed by atoms with van der Waals surface area (Å²) in [6, 6.07) is 27.7. The van der Waals surface area contributed by atoms with Crippen molar-refractivity contribution in [3.8, 4) is 5.75 Å². The average Bonchev–Trinajstić information content (AvgIpc) is 3.22. The van der Waals surface area contributed by atoms with Crippen molar-refractivity contribution in [1.82, 2.24) is 4.98 Å². The average molecular weight is 397 g/mol. The Kier molecular flexibility index (Phi) is 5.18. The van der Waals surface area contributed by atoms with E-state index in [9.17, 15) is 0 Å². The van der Waals surface area contributed by atoms with Gasteiger partial charge in [0.1, 0.15) is 11.9 Å². The summed E-state index contributed by atoms with van der Waals surface area (Å²) >= 11 is 0. The Bertz CT molecular complexity index is 1120. The second-order valence-corrected chi connectivity index (χ2v) is 8.20. The van der Waals surface area contributed by atoms with Crippen LogP contribution in [0.3, 0.4) is 0 Å². The van der Waals surface area contributed by atoms with E-state index in [-0.39, 0.29) is 6.10 Å². The molecule has 0 saturated carbocycles. The molecule has 0 spiro atoms. The first kappa shape index (κ1) is 18.8. The minimum atomic E-state index is 0.169. The number of aromatic nitrogens is 1. The Morgan fingerprint density at radius 2 is 1.73 bits per heavy atom. The Morgan fingerprint density at radius 3 is 2.60 bits per heavy atom. The molecule has 0 amide bonds. The summed E-state index contributed by atoms with van der Waals surface area (Å²) in [5.41, 5.74) is 5.14. The Labute approximate surface area is 178 Å². The summed E-state index contributed by atoms with van der Waals surface area (Å²) in [6.45, 7) is 4.09. The van der Waals surface area contributed by atoms with Gasteiger partial charge in [-0.15, -0.1) is 0 Å². The molecule has 1 N–H and O–H groups in total. The zero-order valence-electron chi connectivity index (χ0n) is 17.4. The van der Waals surface area contributed by atoms with Gasteiger partial charge < -0.3 is 14.6 Å². The second-order valence-electron chi connectivity index (χ2n) is 8.20. The molecule has 2 atom stereocenters.